The zero-order valence-corrected chi connectivity index (χ0v) is 25.6. The first kappa shape index (κ1) is 33.0. The van der Waals surface area contributed by atoms with Gasteiger partial charge in [-0.05, 0) is 64.6 Å². The van der Waals surface area contributed by atoms with E-state index in [1.54, 1.807) is 66.7 Å². The number of hydrogen-bond donors (Lipinski definition) is 1. The first-order chi connectivity index (χ1) is 21.0. The monoisotopic (exact) mass is 626 g/mol. The maximum absolute atomic E-state index is 13.9. The fourth-order valence-electron chi connectivity index (χ4n) is 4.40. The Hall–Kier alpha value is -3.90. The summed E-state index contributed by atoms with van der Waals surface area (Å²) in [6.45, 7) is -0.498. The SMILES string of the molecule is CN(C)P(=O)(O[C@H]1O[C@H](COC(=O)c2ccccc2)[C@H](O)[C@H](OC(=O)c2ccccc2)[C@H]1OC(=O)c1ccccc1)N(C)C. The van der Waals surface area contributed by atoms with E-state index in [9.17, 15) is 24.1 Å². The van der Waals surface area contributed by atoms with Gasteiger partial charge in [-0.1, -0.05) is 54.6 Å². The fourth-order valence-corrected chi connectivity index (χ4v) is 5.93. The summed E-state index contributed by atoms with van der Waals surface area (Å²) in [4.78, 5) is 39.1. The molecule has 0 aromatic heterocycles. The highest BCUT2D eigenvalue weighted by molar-refractivity contribution is 7.53. The van der Waals surface area contributed by atoms with Crippen LogP contribution in [-0.2, 0) is 28.0 Å². The Morgan fingerprint density at radius 1 is 0.705 bits per heavy atom. The number of hydrogen-bond acceptors (Lipinski definition) is 10. The molecule has 1 heterocycles. The minimum Gasteiger partial charge on any atom is -0.459 e. The van der Waals surface area contributed by atoms with Gasteiger partial charge in [0.15, 0.2) is 12.2 Å². The fraction of sp³-hybridized carbons (Fsp3) is 0.323. The van der Waals surface area contributed by atoms with Gasteiger partial charge in [0.1, 0.15) is 18.8 Å². The molecule has 3 aromatic carbocycles. The summed E-state index contributed by atoms with van der Waals surface area (Å²) in [6, 6.07) is 24.2. The molecule has 0 bridgehead atoms. The second kappa shape index (κ2) is 14.7. The van der Waals surface area contributed by atoms with Crippen molar-refractivity contribution < 1.29 is 47.5 Å². The molecule has 1 aliphatic heterocycles. The molecular formula is C31H35N2O10P. The van der Waals surface area contributed by atoms with E-state index in [4.69, 9.17) is 23.5 Å². The number of aliphatic hydroxyl groups is 1. The van der Waals surface area contributed by atoms with E-state index in [1.807, 2.05) is 0 Å². The normalized spacial score (nSPS) is 21.9. The van der Waals surface area contributed by atoms with Crippen LogP contribution in [0, 0.1) is 0 Å². The van der Waals surface area contributed by atoms with Crippen molar-refractivity contribution in [1.29, 1.82) is 0 Å². The lowest BCUT2D eigenvalue weighted by Gasteiger charge is -2.44. The van der Waals surface area contributed by atoms with Crippen LogP contribution in [0.15, 0.2) is 91.0 Å². The minimum absolute atomic E-state index is 0.163. The lowest BCUT2D eigenvalue weighted by Crippen LogP contribution is -2.62. The van der Waals surface area contributed by atoms with Crippen molar-refractivity contribution in [1.82, 2.24) is 9.34 Å². The average Bonchev–Trinajstić information content (AvgIpc) is 3.03. The van der Waals surface area contributed by atoms with Crippen LogP contribution in [0.4, 0.5) is 0 Å². The first-order valence-electron chi connectivity index (χ1n) is 13.7. The van der Waals surface area contributed by atoms with Gasteiger partial charge < -0.3 is 24.1 Å². The Morgan fingerprint density at radius 2 is 1.11 bits per heavy atom. The van der Waals surface area contributed by atoms with Gasteiger partial charge in [0.2, 0.25) is 6.29 Å². The van der Waals surface area contributed by atoms with Crippen molar-refractivity contribution in [3.8, 4) is 0 Å². The maximum Gasteiger partial charge on any atom is 0.347 e. The van der Waals surface area contributed by atoms with Crippen LogP contribution in [0.25, 0.3) is 0 Å². The number of esters is 3. The van der Waals surface area contributed by atoms with Gasteiger partial charge in [0.25, 0.3) is 0 Å². The van der Waals surface area contributed by atoms with Crippen LogP contribution in [0.2, 0.25) is 0 Å². The van der Waals surface area contributed by atoms with E-state index >= 15 is 0 Å². The van der Waals surface area contributed by atoms with Gasteiger partial charge in [0, 0.05) is 0 Å². The van der Waals surface area contributed by atoms with E-state index in [-0.39, 0.29) is 16.7 Å². The Morgan fingerprint density at radius 3 is 1.55 bits per heavy atom. The molecule has 3 aromatic rings. The molecular weight excluding hydrogens is 591 g/mol. The summed E-state index contributed by atoms with van der Waals surface area (Å²) in [7, 11) is 2.28. The zero-order chi connectivity index (χ0) is 31.9. The summed E-state index contributed by atoms with van der Waals surface area (Å²) in [6.07, 6.45) is -7.84. The Kier molecular flexibility index (Phi) is 11.0. The molecule has 1 fully saturated rings. The van der Waals surface area contributed by atoms with Crippen LogP contribution in [0.3, 0.4) is 0 Å². The highest BCUT2D eigenvalue weighted by Crippen LogP contribution is 2.53. The standard InChI is InChI=1S/C31H35N2O10P/c1-32(2)44(38,33(3)4)43-31-27(42-30(37)23-18-12-7-13-19-23)26(41-29(36)22-16-10-6-11-17-22)25(34)24(40-31)20-39-28(35)21-14-8-5-9-15-21/h5-19,24-27,31,34H,20H2,1-4H3/t24-,25+,26+,27-,31-/m1/s1. The number of carbonyl (C=O) groups is 3. The number of benzene rings is 3. The summed E-state index contributed by atoms with van der Waals surface area (Å²) in [5, 5.41) is 11.5. The predicted molar refractivity (Wildman–Crippen MR) is 159 cm³/mol. The van der Waals surface area contributed by atoms with Gasteiger partial charge in [0.05, 0.1) is 16.7 Å². The largest absolute Gasteiger partial charge is 0.459 e. The van der Waals surface area contributed by atoms with Gasteiger partial charge in [-0.2, -0.15) is 0 Å². The second-order valence-electron chi connectivity index (χ2n) is 10.3. The third-order valence-electron chi connectivity index (χ3n) is 6.76. The second-order valence-corrected chi connectivity index (χ2v) is 13.1. The lowest BCUT2D eigenvalue weighted by atomic mass is 9.98. The molecule has 1 saturated heterocycles. The smallest absolute Gasteiger partial charge is 0.347 e. The van der Waals surface area contributed by atoms with Gasteiger partial charge in [-0.25, -0.2) is 23.7 Å². The van der Waals surface area contributed by atoms with Gasteiger partial charge in [-0.15, -0.1) is 0 Å². The van der Waals surface area contributed by atoms with Crippen molar-refractivity contribution in [3.05, 3.63) is 108 Å². The molecule has 0 aliphatic carbocycles. The van der Waals surface area contributed by atoms with E-state index in [2.05, 4.69) is 0 Å². The molecule has 0 saturated carbocycles. The average molecular weight is 627 g/mol. The van der Waals surface area contributed by atoms with Crippen LogP contribution >= 0.6 is 7.67 Å². The van der Waals surface area contributed by atoms with Crippen LogP contribution in [-0.4, -0.2) is 97.9 Å². The van der Waals surface area contributed by atoms with Crippen molar-refractivity contribution in [2.24, 2.45) is 0 Å². The molecule has 0 spiro atoms. The van der Waals surface area contributed by atoms with E-state index in [0.717, 1.165) is 0 Å². The maximum atomic E-state index is 13.9. The third kappa shape index (κ3) is 7.78. The van der Waals surface area contributed by atoms with Crippen molar-refractivity contribution >= 4 is 25.6 Å². The zero-order valence-electron chi connectivity index (χ0n) is 24.7. The highest BCUT2D eigenvalue weighted by atomic mass is 31.2. The molecule has 0 amide bonds. The molecule has 0 radical (unpaired) electrons. The number of ether oxygens (including phenoxy) is 4. The quantitative estimate of drug-likeness (QED) is 0.189. The molecule has 1 N–H and O–H groups in total. The highest BCUT2D eigenvalue weighted by Gasteiger charge is 2.53. The predicted octanol–water partition coefficient (Wildman–Crippen LogP) is 3.63. The number of nitrogens with zero attached hydrogens (tertiary/aromatic N) is 2. The molecule has 1 aliphatic rings. The molecule has 234 valence electrons. The van der Waals surface area contributed by atoms with Crippen LogP contribution in [0.5, 0.6) is 0 Å². The van der Waals surface area contributed by atoms with Crippen LogP contribution in [0.1, 0.15) is 31.1 Å². The molecule has 12 nitrogen and oxygen atoms in total. The topological polar surface area (TPSA) is 141 Å². The number of carbonyl (C=O) groups excluding carboxylic acids is 3. The van der Waals surface area contributed by atoms with Gasteiger partial charge in [-0.3, -0.25) is 9.09 Å². The minimum atomic E-state index is -3.81. The Balaban J connectivity index is 1.70. The van der Waals surface area contributed by atoms with Gasteiger partial charge >= 0.3 is 25.6 Å². The summed E-state index contributed by atoms with van der Waals surface area (Å²) < 4.78 is 45.5. The molecule has 5 atom stereocenters. The summed E-state index contributed by atoms with van der Waals surface area (Å²) >= 11 is 0. The van der Waals surface area contributed by atoms with E-state index < -0.39 is 62.9 Å². The molecule has 0 unspecified atom stereocenters. The van der Waals surface area contributed by atoms with Crippen LogP contribution < -0.4 is 0 Å². The number of rotatable bonds is 11. The molecule has 44 heavy (non-hydrogen) atoms. The lowest BCUT2D eigenvalue weighted by molar-refractivity contribution is -0.277. The van der Waals surface area contributed by atoms with Crippen molar-refractivity contribution in [3.63, 3.8) is 0 Å². The first-order valence-corrected chi connectivity index (χ1v) is 15.3. The number of aliphatic hydroxyl groups excluding tert-OH is 1. The third-order valence-corrected chi connectivity index (χ3v) is 9.27. The molecule has 4 rings (SSSR count). The Labute approximate surface area is 255 Å². The Bertz CT molecular complexity index is 1440. The van der Waals surface area contributed by atoms with E-state index in [0.29, 0.717) is 0 Å². The molecule has 13 heteroatoms. The summed E-state index contributed by atoms with van der Waals surface area (Å²) in [5.74, 6) is -2.36. The van der Waals surface area contributed by atoms with Crippen molar-refractivity contribution in [2.75, 3.05) is 34.8 Å². The van der Waals surface area contributed by atoms with E-state index in [1.165, 1.54) is 61.8 Å². The summed E-state index contributed by atoms with van der Waals surface area (Å²) in [5.41, 5.74) is 0.587. The van der Waals surface area contributed by atoms with Crippen molar-refractivity contribution in [2.45, 2.75) is 30.7 Å².